The van der Waals surface area contributed by atoms with E-state index in [1.54, 1.807) is 47.1 Å². The van der Waals surface area contributed by atoms with Gasteiger partial charge in [0.1, 0.15) is 12.4 Å². The molecule has 1 fully saturated rings. The number of para-hydroxylation sites is 1. The molecule has 140 valence electrons. The Morgan fingerprint density at radius 1 is 1.26 bits per heavy atom. The second-order valence-corrected chi connectivity index (χ2v) is 7.55. The average Bonchev–Trinajstić information content (AvgIpc) is 3.07. The number of nitrogens with zero attached hydrogens (tertiary/aromatic N) is 5. The number of hydrogen-bond donors (Lipinski definition) is 0. The zero-order valence-electron chi connectivity index (χ0n) is 14.9. The van der Waals surface area contributed by atoms with Crippen molar-refractivity contribution in [3.8, 4) is 0 Å². The van der Waals surface area contributed by atoms with Gasteiger partial charge in [0.2, 0.25) is 5.91 Å². The van der Waals surface area contributed by atoms with E-state index in [1.165, 1.54) is 16.7 Å². The Morgan fingerprint density at radius 2 is 2.07 bits per heavy atom. The molecule has 3 heterocycles. The van der Waals surface area contributed by atoms with Crippen LogP contribution >= 0.6 is 11.8 Å². The summed E-state index contributed by atoms with van der Waals surface area (Å²) in [7, 11) is 1.79. The van der Waals surface area contributed by atoms with Crippen LogP contribution in [-0.4, -0.2) is 55.7 Å². The van der Waals surface area contributed by atoms with Crippen molar-refractivity contribution in [3.63, 3.8) is 0 Å². The second kappa shape index (κ2) is 7.15. The summed E-state index contributed by atoms with van der Waals surface area (Å²) in [6.45, 7) is 0.541. The smallest absolute Gasteiger partial charge is 0.256 e. The first-order valence-electron chi connectivity index (χ1n) is 8.81. The van der Waals surface area contributed by atoms with Gasteiger partial charge in [-0.1, -0.05) is 23.9 Å². The number of imide groups is 1. The Balaban J connectivity index is 1.68. The zero-order valence-corrected chi connectivity index (χ0v) is 15.7. The Bertz CT molecular complexity index is 912. The summed E-state index contributed by atoms with van der Waals surface area (Å²) in [6.07, 6.45) is 3.87. The van der Waals surface area contributed by atoms with Crippen LogP contribution in [0.15, 0.2) is 35.7 Å². The lowest BCUT2D eigenvalue weighted by molar-refractivity contribution is -0.128. The molecule has 0 radical (unpaired) electrons. The highest BCUT2D eigenvalue weighted by atomic mass is 32.2. The van der Waals surface area contributed by atoms with Gasteiger partial charge in [-0.25, -0.2) is 4.90 Å². The van der Waals surface area contributed by atoms with E-state index in [4.69, 9.17) is 0 Å². The van der Waals surface area contributed by atoms with Gasteiger partial charge in [-0.3, -0.25) is 14.4 Å². The summed E-state index contributed by atoms with van der Waals surface area (Å²) in [5.41, 5.74) is 0.762. The lowest BCUT2D eigenvalue weighted by atomic mass is 10.0. The normalized spacial score (nSPS) is 19.5. The predicted molar refractivity (Wildman–Crippen MR) is 99.3 cm³/mol. The molecular formula is C18H19N5O3S. The highest BCUT2D eigenvalue weighted by Gasteiger charge is 2.42. The zero-order chi connectivity index (χ0) is 19.0. The molecule has 0 spiro atoms. The minimum atomic E-state index is -0.581. The van der Waals surface area contributed by atoms with E-state index in [0.29, 0.717) is 29.4 Å². The summed E-state index contributed by atoms with van der Waals surface area (Å²) in [5, 5.41) is 8.33. The van der Waals surface area contributed by atoms with Gasteiger partial charge < -0.3 is 9.47 Å². The molecule has 0 saturated carbocycles. The molecule has 1 aromatic heterocycles. The van der Waals surface area contributed by atoms with Gasteiger partial charge >= 0.3 is 0 Å². The lowest BCUT2D eigenvalue weighted by Crippen LogP contribution is -2.52. The molecule has 0 N–H and O–H groups in total. The third kappa shape index (κ3) is 3.12. The van der Waals surface area contributed by atoms with Gasteiger partial charge in [0.25, 0.3) is 11.8 Å². The van der Waals surface area contributed by atoms with Crippen LogP contribution in [0.2, 0.25) is 0 Å². The lowest BCUT2D eigenvalue weighted by Gasteiger charge is -2.34. The highest BCUT2D eigenvalue weighted by Crippen LogP contribution is 2.32. The quantitative estimate of drug-likeness (QED) is 0.744. The summed E-state index contributed by atoms with van der Waals surface area (Å²) >= 11 is 1.22. The van der Waals surface area contributed by atoms with Crippen LogP contribution in [0.5, 0.6) is 0 Å². The minimum Gasteiger partial charge on any atom is -0.327 e. The molecule has 1 atom stereocenters. The molecule has 1 saturated heterocycles. The number of amides is 3. The van der Waals surface area contributed by atoms with E-state index < -0.39 is 6.04 Å². The maximum absolute atomic E-state index is 13.2. The first-order chi connectivity index (χ1) is 13.1. The van der Waals surface area contributed by atoms with Crippen molar-refractivity contribution in [1.82, 2.24) is 19.7 Å². The fraction of sp³-hybridized carbons (Fsp3) is 0.389. The van der Waals surface area contributed by atoms with E-state index in [0.717, 1.165) is 12.8 Å². The van der Waals surface area contributed by atoms with Gasteiger partial charge in [-0.15, -0.1) is 10.2 Å². The monoisotopic (exact) mass is 385 g/mol. The number of thioether (sulfide) groups is 1. The van der Waals surface area contributed by atoms with Crippen LogP contribution in [0, 0.1) is 0 Å². The van der Waals surface area contributed by atoms with E-state index in [-0.39, 0.29) is 23.5 Å². The first kappa shape index (κ1) is 17.7. The highest BCUT2D eigenvalue weighted by molar-refractivity contribution is 7.99. The molecule has 9 heteroatoms. The maximum Gasteiger partial charge on any atom is 0.256 e. The van der Waals surface area contributed by atoms with Crippen LogP contribution in [0.25, 0.3) is 0 Å². The fourth-order valence-corrected chi connectivity index (χ4v) is 4.29. The third-order valence-corrected chi connectivity index (χ3v) is 5.91. The van der Waals surface area contributed by atoms with E-state index in [1.807, 2.05) is 0 Å². The van der Waals surface area contributed by atoms with Gasteiger partial charge in [0.05, 0.1) is 17.0 Å². The number of carbonyl (C=O) groups is 3. The molecule has 4 rings (SSSR count). The molecule has 27 heavy (non-hydrogen) atoms. The Hall–Kier alpha value is -2.68. The molecule has 8 nitrogen and oxygen atoms in total. The number of hydrogen-bond acceptors (Lipinski definition) is 6. The number of carbonyl (C=O) groups excluding carboxylic acids is 3. The number of piperidine rings is 1. The summed E-state index contributed by atoms with van der Waals surface area (Å²) < 4.78 is 1.71. The van der Waals surface area contributed by atoms with Gasteiger partial charge in [-0.2, -0.15) is 0 Å². The molecule has 1 aromatic carbocycles. The Morgan fingerprint density at radius 3 is 2.85 bits per heavy atom. The number of aryl methyl sites for hydroxylation is 1. The SMILES string of the molecule is Cn1cnnc1SCC(=O)N1C(=O)[C@H]2CCCCN2C(=O)c2ccccc21. The minimum absolute atomic E-state index is 0.0352. The molecular weight excluding hydrogens is 366 g/mol. The molecule has 0 aliphatic carbocycles. The van der Waals surface area contributed by atoms with Crippen LogP contribution in [-0.2, 0) is 16.6 Å². The van der Waals surface area contributed by atoms with E-state index in [9.17, 15) is 14.4 Å². The van der Waals surface area contributed by atoms with Crippen LogP contribution in [0.1, 0.15) is 29.6 Å². The van der Waals surface area contributed by atoms with Crippen molar-refractivity contribution in [2.75, 3.05) is 17.2 Å². The van der Waals surface area contributed by atoms with Crippen LogP contribution in [0.3, 0.4) is 0 Å². The Kier molecular flexibility index (Phi) is 4.69. The first-order valence-corrected chi connectivity index (χ1v) is 9.80. The second-order valence-electron chi connectivity index (χ2n) is 6.61. The Labute approximate surface area is 160 Å². The largest absolute Gasteiger partial charge is 0.327 e. The number of anilines is 1. The topological polar surface area (TPSA) is 88.4 Å². The molecule has 0 unspecified atom stereocenters. The van der Waals surface area contributed by atoms with E-state index >= 15 is 0 Å². The summed E-state index contributed by atoms with van der Waals surface area (Å²) in [6, 6.07) is 6.25. The van der Waals surface area contributed by atoms with E-state index in [2.05, 4.69) is 10.2 Å². The molecule has 3 amide bonds. The van der Waals surface area contributed by atoms with Crippen LogP contribution < -0.4 is 4.90 Å². The summed E-state index contributed by atoms with van der Waals surface area (Å²) in [4.78, 5) is 42.0. The fourth-order valence-electron chi connectivity index (χ4n) is 3.55. The number of rotatable bonds is 3. The van der Waals surface area contributed by atoms with Crippen molar-refractivity contribution in [3.05, 3.63) is 36.2 Å². The number of fused-ring (bicyclic) bond motifs is 2. The molecule has 2 aliphatic rings. The molecule has 0 bridgehead atoms. The van der Waals surface area contributed by atoms with Crippen molar-refractivity contribution < 1.29 is 14.4 Å². The van der Waals surface area contributed by atoms with Crippen molar-refractivity contribution >= 4 is 35.2 Å². The number of aromatic nitrogens is 3. The molecule has 2 aromatic rings. The maximum atomic E-state index is 13.2. The van der Waals surface area contributed by atoms with Gasteiger partial charge in [0.15, 0.2) is 5.16 Å². The standard InChI is InChI=1S/C18H19N5O3S/c1-21-11-19-20-18(21)27-10-15(24)23-13-7-3-2-6-12(13)16(25)22-9-5-4-8-14(22)17(23)26/h2-3,6-7,11,14H,4-5,8-10H2,1H3/t14-/m1/s1. The predicted octanol–water partition coefficient (Wildman–Crippen LogP) is 1.48. The van der Waals surface area contributed by atoms with Crippen LogP contribution in [0.4, 0.5) is 5.69 Å². The summed E-state index contributed by atoms with van der Waals surface area (Å²) in [5.74, 6) is -0.829. The van der Waals surface area contributed by atoms with Gasteiger partial charge in [-0.05, 0) is 31.4 Å². The average molecular weight is 385 g/mol. The molecule has 2 aliphatic heterocycles. The number of benzene rings is 1. The van der Waals surface area contributed by atoms with Crippen molar-refractivity contribution in [2.45, 2.75) is 30.5 Å². The van der Waals surface area contributed by atoms with Crippen molar-refractivity contribution in [1.29, 1.82) is 0 Å². The third-order valence-electron chi connectivity index (χ3n) is 4.89. The van der Waals surface area contributed by atoms with Crippen molar-refractivity contribution in [2.24, 2.45) is 7.05 Å². The van der Waals surface area contributed by atoms with Gasteiger partial charge in [0, 0.05) is 13.6 Å².